The maximum atomic E-state index is 14.6. The Kier molecular flexibility index (Phi) is 5.71. The van der Waals surface area contributed by atoms with Gasteiger partial charge in [0.25, 0.3) is 15.9 Å². The third kappa shape index (κ3) is 4.34. The van der Waals surface area contributed by atoms with Crippen LogP contribution in [0.5, 0.6) is 0 Å². The number of carbonyl (C=O) groups excluding carboxylic acids is 1. The first-order valence-corrected chi connectivity index (χ1v) is 11.8. The highest BCUT2D eigenvalue weighted by Crippen LogP contribution is 2.27. The molecule has 0 aliphatic heterocycles. The summed E-state index contributed by atoms with van der Waals surface area (Å²) in [6.07, 6.45) is 0. The molecule has 33 heavy (non-hydrogen) atoms. The van der Waals surface area contributed by atoms with Crippen molar-refractivity contribution in [1.29, 1.82) is 0 Å². The van der Waals surface area contributed by atoms with E-state index in [0.717, 1.165) is 22.3 Å². The van der Waals surface area contributed by atoms with E-state index in [0.29, 0.717) is 5.52 Å². The van der Waals surface area contributed by atoms with Crippen LogP contribution in [-0.2, 0) is 16.6 Å². The normalized spacial score (nSPS) is 11.6. The van der Waals surface area contributed by atoms with E-state index in [-0.39, 0.29) is 28.2 Å². The maximum absolute atomic E-state index is 14.6. The fourth-order valence-corrected chi connectivity index (χ4v) is 5.15. The Morgan fingerprint density at radius 3 is 2.33 bits per heavy atom. The van der Waals surface area contributed by atoms with E-state index in [1.54, 1.807) is 22.8 Å². The second-order valence-electron chi connectivity index (χ2n) is 8.17. The van der Waals surface area contributed by atoms with Gasteiger partial charge in [0, 0.05) is 17.6 Å². The lowest BCUT2D eigenvalue weighted by Crippen LogP contribution is -2.32. The molecule has 0 bridgehead atoms. The molecule has 3 N–H and O–H groups in total. The van der Waals surface area contributed by atoms with Gasteiger partial charge in [-0.2, -0.15) is 0 Å². The largest absolute Gasteiger partial charge is 0.399 e. The number of nitrogen functional groups attached to an aromatic ring is 1. The summed E-state index contributed by atoms with van der Waals surface area (Å²) in [5.74, 6) is -1.34. The highest BCUT2D eigenvalue weighted by Gasteiger charge is 2.24. The van der Waals surface area contributed by atoms with Crippen molar-refractivity contribution in [2.75, 3.05) is 5.73 Å². The predicted octanol–water partition coefficient (Wildman–Crippen LogP) is 4.45. The molecular formula is C25H24FN3O3S. The number of nitrogens with zero attached hydrogens (tertiary/aromatic N) is 1. The molecule has 170 valence electrons. The molecule has 1 aromatic heterocycles. The number of anilines is 1. The van der Waals surface area contributed by atoms with Crippen LogP contribution < -0.4 is 10.5 Å². The van der Waals surface area contributed by atoms with Crippen molar-refractivity contribution < 1.29 is 17.6 Å². The summed E-state index contributed by atoms with van der Waals surface area (Å²) < 4.78 is 43.9. The number of aryl methyl sites for hydroxylation is 3. The van der Waals surface area contributed by atoms with E-state index in [4.69, 9.17) is 5.73 Å². The minimum Gasteiger partial charge on any atom is -0.399 e. The third-order valence-corrected chi connectivity index (χ3v) is 7.01. The first kappa shape index (κ1) is 22.5. The van der Waals surface area contributed by atoms with E-state index in [1.165, 1.54) is 30.3 Å². The quantitative estimate of drug-likeness (QED) is 0.426. The molecule has 0 atom stereocenters. The van der Waals surface area contributed by atoms with Gasteiger partial charge in [-0.15, -0.1) is 0 Å². The topological polar surface area (TPSA) is 94.2 Å². The number of nitrogens with one attached hydrogen (secondary N) is 1. The van der Waals surface area contributed by atoms with Gasteiger partial charge in [-0.3, -0.25) is 4.79 Å². The smallest absolute Gasteiger partial charge is 0.281 e. The van der Waals surface area contributed by atoms with Crippen LogP contribution in [0, 0.1) is 26.6 Å². The first-order valence-electron chi connectivity index (χ1n) is 10.3. The van der Waals surface area contributed by atoms with Gasteiger partial charge in [-0.25, -0.2) is 17.5 Å². The lowest BCUT2D eigenvalue weighted by molar-refractivity contribution is 0.0973. The molecule has 0 spiro atoms. The molecular weight excluding hydrogens is 441 g/mol. The minimum atomic E-state index is -4.18. The molecule has 0 unspecified atom stereocenters. The van der Waals surface area contributed by atoms with Crippen LogP contribution in [0.25, 0.3) is 10.9 Å². The van der Waals surface area contributed by atoms with Crippen LogP contribution in [0.15, 0.2) is 65.6 Å². The van der Waals surface area contributed by atoms with Crippen LogP contribution in [0.4, 0.5) is 10.1 Å². The Balaban J connectivity index is 1.81. The molecule has 6 nitrogen and oxygen atoms in total. The first-order chi connectivity index (χ1) is 15.6. The van der Waals surface area contributed by atoms with Crippen molar-refractivity contribution in [2.45, 2.75) is 32.2 Å². The van der Waals surface area contributed by atoms with Crippen LogP contribution in [-0.4, -0.2) is 18.9 Å². The van der Waals surface area contributed by atoms with Crippen LogP contribution in [0.2, 0.25) is 0 Å². The fraction of sp³-hybridized carbons (Fsp3) is 0.160. The zero-order valence-corrected chi connectivity index (χ0v) is 19.3. The molecule has 4 rings (SSSR count). The Hall–Kier alpha value is -3.65. The van der Waals surface area contributed by atoms with Gasteiger partial charge in [0.2, 0.25) is 0 Å². The second kappa shape index (κ2) is 8.37. The van der Waals surface area contributed by atoms with Crippen molar-refractivity contribution in [1.82, 2.24) is 9.29 Å². The van der Waals surface area contributed by atoms with Crippen molar-refractivity contribution in [3.63, 3.8) is 0 Å². The van der Waals surface area contributed by atoms with Crippen molar-refractivity contribution >= 4 is 32.5 Å². The Morgan fingerprint density at radius 2 is 1.67 bits per heavy atom. The Morgan fingerprint density at radius 1 is 1.00 bits per heavy atom. The van der Waals surface area contributed by atoms with E-state index < -0.39 is 21.7 Å². The molecule has 1 heterocycles. The molecule has 0 saturated carbocycles. The third-order valence-electron chi connectivity index (χ3n) is 5.68. The average molecular weight is 466 g/mol. The number of nitrogens with two attached hydrogens (primary N) is 1. The van der Waals surface area contributed by atoms with Gasteiger partial charge in [0.15, 0.2) is 0 Å². The molecule has 0 aliphatic rings. The van der Waals surface area contributed by atoms with Gasteiger partial charge >= 0.3 is 0 Å². The highest BCUT2D eigenvalue weighted by atomic mass is 32.2. The van der Waals surface area contributed by atoms with Gasteiger partial charge in [-0.1, -0.05) is 29.8 Å². The van der Waals surface area contributed by atoms with E-state index in [1.807, 2.05) is 32.9 Å². The number of aromatic nitrogens is 1. The summed E-state index contributed by atoms with van der Waals surface area (Å²) in [4.78, 5) is 13.0. The molecule has 4 aromatic rings. The number of rotatable bonds is 5. The number of halogens is 1. The zero-order chi connectivity index (χ0) is 23.9. The standard InChI is InChI=1S/C25H24FN3O3S/c1-15-10-16(2)21(17(3)11-15)14-29-23-9-5-8-22(26)20(23)13-24(29)25(30)28-33(31,32)19-7-4-6-18(27)12-19/h4-13H,14,27H2,1-3H3,(H,28,30). The number of fused-ring (bicyclic) bond motifs is 1. The van der Waals surface area contributed by atoms with Crippen molar-refractivity contribution in [3.05, 3.63) is 94.4 Å². The molecule has 0 radical (unpaired) electrons. The molecule has 0 fully saturated rings. The number of sulfonamides is 1. The zero-order valence-electron chi connectivity index (χ0n) is 18.5. The number of amides is 1. The van der Waals surface area contributed by atoms with Gasteiger partial charge in [0.05, 0.1) is 10.4 Å². The van der Waals surface area contributed by atoms with Crippen LogP contribution in [0.1, 0.15) is 32.7 Å². The fourth-order valence-electron chi connectivity index (χ4n) is 4.14. The summed E-state index contributed by atoms with van der Waals surface area (Å²) in [5, 5.41) is 0.242. The summed E-state index contributed by atoms with van der Waals surface area (Å²) in [5.41, 5.74) is 10.7. The van der Waals surface area contributed by atoms with Crippen molar-refractivity contribution in [3.8, 4) is 0 Å². The number of carbonyl (C=O) groups is 1. The SMILES string of the molecule is Cc1cc(C)c(Cn2c(C(=O)NS(=O)(=O)c3cccc(N)c3)cc3c(F)cccc32)c(C)c1. The van der Waals surface area contributed by atoms with Crippen LogP contribution in [0.3, 0.4) is 0 Å². The Bertz CT molecular complexity index is 1480. The summed E-state index contributed by atoms with van der Waals surface area (Å²) in [6.45, 7) is 6.24. The van der Waals surface area contributed by atoms with E-state index in [9.17, 15) is 17.6 Å². The van der Waals surface area contributed by atoms with Gasteiger partial charge < -0.3 is 10.3 Å². The number of hydrogen-bond acceptors (Lipinski definition) is 4. The van der Waals surface area contributed by atoms with Gasteiger partial charge in [0.1, 0.15) is 11.5 Å². The van der Waals surface area contributed by atoms with Crippen LogP contribution >= 0.6 is 0 Å². The molecule has 1 amide bonds. The highest BCUT2D eigenvalue weighted by molar-refractivity contribution is 7.90. The number of hydrogen-bond donors (Lipinski definition) is 2. The predicted molar refractivity (Wildman–Crippen MR) is 127 cm³/mol. The lowest BCUT2D eigenvalue weighted by Gasteiger charge is -2.16. The summed E-state index contributed by atoms with van der Waals surface area (Å²) in [6, 6.07) is 15.7. The van der Waals surface area contributed by atoms with E-state index in [2.05, 4.69) is 4.72 Å². The summed E-state index contributed by atoms with van der Waals surface area (Å²) >= 11 is 0. The monoisotopic (exact) mass is 465 g/mol. The van der Waals surface area contributed by atoms with Gasteiger partial charge in [-0.05, 0) is 73.9 Å². The molecule has 0 saturated heterocycles. The van der Waals surface area contributed by atoms with Crippen molar-refractivity contribution in [2.24, 2.45) is 0 Å². The van der Waals surface area contributed by atoms with E-state index >= 15 is 0 Å². The lowest BCUT2D eigenvalue weighted by atomic mass is 9.99. The maximum Gasteiger partial charge on any atom is 0.281 e. The molecule has 0 aliphatic carbocycles. The average Bonchev–Trinajstić information content (AvgIpc) is 3.10. The molecule has 3 aromatic carbocycles. The number of benzene rings is 3. The molecule has 8 heteroatoms. The summed E-state index contributed by atoms with van der Waals surface area (Å²) in [7, 11) is -4.18. The Labute approximate surface area is 191 Å². The second-order valence-corrected chi connectivity index (χ2v) is 9.86. The minimum absolute atomic E-state index is 0.0435.